The van der Waals surface area contributed by atoms with Crippen LogP contribution in [0.1, 0.15) is 17.7 Å². The number of rotatable bonds is 10. The largest absolute Gasteiger partial charge is 0.491 e. The SMILES string of the molecule is CNCC(O)COc1cccc(-c2nc(C[C@@H]3CCOC3)c(C)c(-c3cn(S(C)(=O)=O)c4ncncc34)n2)c1. The van der Waals surface area contributed by atoms with E-state index in [2.05, 4.69) is 15.3 Å². The van der Waals surface area contributed by atoms with E-state index >= 15 is 0 Å². The van der Waals surface area contributed by atoms with Crippen molar-refractivity contribution in [2.75, 3.05) is 39.7 Å². The molecule has 206 valence electrons. The molecule has 0 bridgehead atoms. The number of nitrogens with one attached hydrogen (secondary N) is 1. The fourth-order valence-corrected chi connectivity index (χ4v) is 5.52. The summed E-state index contributed by atoms with van der Waals surface area (Å²) in [5.41, 5.74) is 4.01. The molecule has 4 heterocycles. The van der Waals surface area contributed by atoms with Gasteiger partial charge in [-0.2, -0.15) is 0 Å². The molecular weight excluding hydrogens is 520 g/mol. The highest BCUT2D eigenvalue weighted by atomic mass is 32.2. The van der Waals surface area contributed by atoms with E-state index in [0.29, 0.717) is 59.4 Å². The van der Waals surface area contributed by atoms with Crippen LogP contribution in [0.5, 0.6) is 5.75 Å². The lowest BCUT2D eigenvalue weighted by Crippen LogP contribution is -2.29. The minimum atomic E-state index is -3.62. The summed E-state index contributed by atoms with van der Waals surface area (Å²) >= 11 is 0. The number of aliphatic hydroxyl groups excluding tert-OH is 1. The number of likely N-dealkylation sites (N-methyl/N-ethyl adjacent to an activating group) is 1. The quantitative estimate of drug-likeness (QED) is 0.301. The van der Waals surface area contributed by atoms with E-state index < -0.39 is 16.1 Å². The number of aliphatic hydroxyl groups is 1. The van der Waals surface area contributed by atoms with E-state index in [4.69, 9.17) is 19.4 Å². The van der Waals surface area contributed by atoms with E-state index in [0.717, 1.165) is 40.1 Å². The van der Waals surface area contributed by atoms with E-state index in [-0.39, 0.29) is 6.61 Å². The van der Waals surface area contributed by atoms with Crippen molar-refractivity contribution < 1.29 is 23.0 Å². The lowest BCUT2D eigenvalue weighted by Gasteiger charge is -2.16. The summed E-state index contributed by atoms with van der Waals surface area (Å²) in [6, 6.07) is 7.41. The predicted octanol–water partition coefficient (Wildman–Crippen LogP) is 2.21. The van der Waals surface area contributed by atoms with Gasteiger partial charge in [-0.15, -0.1) is 0 Å². The van der Waals surface area contributed by atoms with Gasteiger partial charge in [0.25, 0.3) is 0 Å². The Labute approximate surface area is 227 Å². The minimum Gasteiger partial charge on any atom is -0.491 e. The van der Waals surface area contributed by atoms with Gasteiger partial charge >= 0.3 is 0 Å². The van der Waals surface area contributed by atoms with Crippen molar-refractivity contribution in [2.45, 2.75) is 25.9 Å². The second-order valence-corrected chi connectivity index (χ2v) is 11.7. The molecule has 1 unspecified atom stereocenters. The molecule has 0 radical (unpaired) electrons. The molecule has 3 aromatic heterocycles. The first kappa shape index (κ1) is 27.1. The lowest BCUT2D eigenvalue weighted by molar-refractivity contribution is 0.108. The summed E-state index contributed by atoms with van der Waals surface area (Å²) in [7, 11) is -1.85. The standard InChI is InChI=1S/C27H32N6O5S/c1-17-24(9-18-7-8-37-14-18)31-26(19-5-4-6-21(10-19)38-15-20(34)11-28-2)32-25(17)23-13-33(39(3,35)36)27-22(23)12-29-16-30-27/h4-6,10,12-13,16,18,20,28,34H,7-9,11,14-15H2,1-3H3/t18-,20?/m0/s1. The fourth-order valence-electron chi connectivity index (χ4n) is 4.76. The highest BCUT2D eigenvalue weighted by Gasteiger charge is 2.24. The monoisotopic (exact) mass is 552 g/mol. The highest BCUT2D eigenvalue weighted by Crippen LogP contribution is 2.34. The number of benzene rings is 1. The van der Waals surface area contributed by atoms with Crippen LogP contribution in [0.15, 0.2) is 43.0 Å². The van der Waals surface area contributed by atoms with Crippen molar-refractivity contribution in [2.24, 2.45) is 5.92 Å². The maximum absolute atomic E-state index is 12.6. The second-order valence-electron chi connectivity index (χ2n) is 9.81. The van der Waals surface area contributed by atoms with Gasteiger partial charge in [0, 0.05) is 54.4 Å². The van der Waals surface area contributed by atoms with Gasteiger partial charge in [-0.1, -0.05) is 12.1 Å². The molecule has 1 aromatic carbocycles. The summed E-state index contributed by atoms with van der Waals surface area (Å²) in [5.74, 6) is 1.41. The molecule has 0 spiro atoms. The van der Waals surface area contributed by atoms with Crippen LogP contribution in [0.25, 0.3) is 33.7 Å². The van der Waals surface area contributed by atoms with Crippen molar-refractivity contribution in [3.05, 3.63) is 54.2 Å². The maximum Gasteiger partial charge on any atom is 0.237 e. The molecule has 0 amide bonds. The Balaban J connectivity index is 1.62. The average molecular weight is 553 g/mol. The first-order valence-electron chi connectivity index (χ1n) is 12.8. The van der Waals surface area contributed by atoms with E-state index in [1.165, 1.54) is 6.33 Å². The van der Waals surface area contributed by atoms with E-state index in [1.807, 2.05) is 31.2 Å². The van der Waals surface area contributed by atoms with Gasteiger partial charge in [0.1, 0.15) is 24.8 Å². The first-order chi connectivity index (χ1) is 18.7. The summed E-state index contributed by atoms with van der Waals surface area (Å²) in [6.45, 7) is 3.92. The van der Waals surface area contributed by atoms with Crippen molar-refractivity contribution >= 4 is 21.1 Å². The molecule has 1 aliphatic rings. The van der Waals surface area contributed by atoms with Crippen LogP contribution >= 0.6 is 0 Å². The average Bonchev–Trinajstić information content (AvgIpc) is 3.57. The molecule has 0 saturated carbocycles. The summed E-state index contributed by atoms with van der Waals surface area (Å²) in [5, 5.41) is 13.5. The predicted molar refractivity (Wildman–Crippen MR) is 147 cm³/mol. The number of nitrogens with zero attached hydrogens (tertiary/aromatic N) is 5. The van der Waals surface area contributed by atoms with Crippen molar-refractivity contribution in [3.8, 4) is 28.4 Å². The third-order valence-corrected chi connectivity index (χ3v) is 7.77. The fraction of sp³-hybridized carbons (Fsp3) is 0.407. The zero-order chi connectivity index (χ0) is 27.6. The zero-order valence-electron chi connectivity index (χ0n) is 22.2. The summed E-state index contributed by atoms with van der Waals surface area (Å²) in [4.78, 5) is 18.3. The molecule has 39 heavy (non-hydrogen) atoms. The van der Waals surface area contributed by atoms with E-state index in [9.17, 15) is 13.5 Å². The Morgan fingerprint density at radius 1 is 1.31 bits per heavy atom. The van der Waals surface area contributed by atoms with Crippen molar-refractivity contribution in [1.82, 2.24) is 29.2 Å². The van der Waals surface area contributed by atoms with Crippen molar-refractivity contribution in [3.63, 3.8) is 0 Å². The number of ether oxygens (including phenoxy) is 2. The zero-order valence-corrected chi connectivity index (χ0v) is 23.0. The molecule has 1 aliphatic heterocycles. The molecular formula is C27H32N6O5S. The lowest BCUT2D eigenvalue weighted by atomic mass is 9.97. The normalized spacial score (nSPS) is 16.6. The Hall–Kier alpha value is -3.45. The van der Waals surface area contributed by atoms with Gasteiger partial charge < -0.3 is 19.9 Å². The molecule has 1 fully saturated rings. The van der Waals surface area contributed by atoms with Crippen LogP contribution in [-0.2, 0) is 21.2 Å². The van der Waals surface area contributed by atoms with Crippen LogP contribution in [0.2, 0.25) is 0 Å². The third-order valence-electron chi connectivity index (χ3n) is 6.78. The molecule has 1 saturated heterocycles. The molecule has 2 atom stereocenters. The van der Waals surface area contributed by atoms with Crippen LogP contribution in [-0.4, -0.2) is 83.2 Å². The van der Waals surface area contributed by atoms with Crippen molar-refractivity contribution in [1.29, 1.82) is 0 Å². The number of hydrogen-bond donors (Lipinski definition) is 2. The number of fused-ring (bicyclic) bond motifs is 1. The van der Waals surface area contributed by atoms with Gasteiger partial charge in [0.2, 0.25) is 10.0 Å². The maximum atomic E-state index is 12.6. The molecule has 4 aromatic rings. The number of aromatic nitrogens is 5. The van der Waals surface area contributed by atoms with Gasteiger partial charge in [-0.3, -0.25) is 0 Å². The Kier molecular flexibility index (Phi) is 7.89. The highest BCUT2D eigenvalue weighted by molar-refractivity contribution is 7.89. The molecule has 2 N–H and O–H groups in total. The van der Waals surface area contributed by atoms with Crippen LogP contribution in [0, 0.1) is 12.8 Å². The van der Waals surface area contributed by atoms with Gasteiger partial charge in [-0.05, 0) is 50.4 Å². The van der Waals surface area contributed by atoms with Crippen LogP contribution in [0.4, 0.5) is 0 Å². The molecule has 12 heteroatoms. The third kappa shape index (κ3) is 5.93. The minimum absolute atomic E-state index is 0.141. The molecule has 0 aliphatic carbocycles. The summed E-state index contributed by atoms with van der Waals surface area (Å²) in [6.07, 6.45) is 6.65. The smallest absolute Gasteiger partial charge is 0.237 e. The Morgan fingerprint density at radius 2 is 2.15 bits per heavy atom. The first-order valence-corrected chi connectivity index (χ1v) is 14.6. The van der Waals surface area contributed by atoms with E-state index in [1.54, 1.807) is 19.4 Å². The Morgan fingerprint density at radius 3 is 2.90 bits per heavy atom. The number of hydrogen-bond acceptors (Lipinski definition) is 10. The van der Waals surface area contributed by atoms with Crippen LogP contribution < -0.4 is 10.1 Å². The molecule has 5 rings (SSSR count). The van der Waals surface area contributed by atoms with Gasteiger partial charge in [0.15, 0.2) is 11.5 Å². The second kappa shape index (κ2) is 11.3. The summed E-state index contributed by atoms with van der Waals surface area (Å²) < 4.78 is 37.7. The van der Waals surface area contributed by atoms with Gasteiger partial charge in [-0.25, -0.2) is 32.3 Å². The topological polar surface area (TPSA) is 141 Å². The van der Waals surface area contributed by atoms with Gasteiger partial charge in [0.05, 0.1) is 11.9 Å². The molecule has 11 nitrogen and oxygen atoms in total. The Bertz CT molecular complexity index is 1580. The van der Waals surface area contributed by atoms with Crippen LogP contribution in [0.3, 0.4) is 0 Å².